The van der Waals surface area contributed by atoms with Crippen LogP contribution in [0.5, 0.6) is 0 Å². The highest BCUT2D eigenvalue weighted by atomic mass is 32.1. The number of amides is 2. The highest BCUT2D eigenvalue weighted by molar-refractivity contribution is 7.14. The van der Waals surface area contributed by atoms with Crippen molar-refractivity contribution in [2.75, 3.05) is 18.4 Å². The maximum absolute atomic E-state index is 12.2. The number of nitrogens with zero attached hydrogens (tertiary/aromatic N) is 3. The number of aryl methyl sites for hydroxylation is 1. The lowest BCUT2D eigenvalue weighted by Gasteiger charge is -2.31. The van der Waals surface area contributed by atoms with E-state index in [0.717, 1.165) is 40.9 Å². The third-order valence-electron chi connectivity index (χ3n) is 3.35. The van der Waals surface area contributed by atoms with Crippen molar-refractivity contribution in [2.24, 2.45) is 0 Å². The molecule has 1 N–H and O–H groups in total. The van der Waals surface area contributed by atoms with E-state index in [1.165, 1.54) is 11.3 Å². The molecule has 106 valence electrons. The summed E-state index contributed by atoms with van der Waals surface area (Å²) in [5.74, 6) is 0.323. The lowest BCUT2D eigenvalue weighted by molar-refractivity contribution is 0.192. The number of rotatable bonds is 2. The van der Waals surface area contributed by atoms with Crippen LogP contribution >= 0.6 is 22.7 Å². The molecule has 5 nitrogen and oxygen atoms in total. The molecule has 2 amide bonds. The predicted octanol–water partition coefficient (Wildman–Crippen LogP) is 3.32. The van der Waals surface area contributed by atoms with Crippen molar-refractivity contribution in [3.8, 4) is 0 Å². The quantitative estimate of drug-likeness (QED) is 0.926. The number of hydrogen-bond donors (Lipinski definition) is 1. The lowest BCUT2D eigenvalue weighted by Crippen LogP contribution is -2.41. The Bertz CT molecular complexity index is 581. The molecule has 0 spiro atoms. The minimum absolute atomic E-state index is 0.0154. The van der Waals surface area contributed by atoms with Gasteiger partial charge < -0.3 is 4.90 Å². The molecule has 1 aliphatic rings. The summed E-state index contributed by atoms with van der Waals surface area (Å²) in [7, 11) is 0. The Morgan fingerprint density at radius 1 is 1.50 bits per heavy atom. The first-order valence-corrected chi connectivity index (χ1v) is 8.31. The molecule has 0 aliphatic carbocycles. The second-order valence-corrected chi connectivity index (χ2v) is 7.01. The van der Waals surface area contributed by atoms with Gasteiger partial charge >= 0.3 is 6.03 Å². The number of urea groups is 1. The van der Waals surface area contributed by atoms with E-state index in [2.05, 4.69) is 15.5 Å². The van der Waals surface area contributed by atoms with Gasteiger partial charge in [0.1, 0.15) is 10.0 Å². The number of anilines is 1. The Labute approximate surface area is 125 Å². The normalized spacial score (nSPS) is 19.1. The van der Waals surface area contributed by atoms with Crippen LogP contribution in [0, 0.1) is 6.92 Å². The molecule has 1 atom stereocenters. The fourth-order valence-electron chi connectivity index (χ4n) is 2.37. The molecule has 0 bridgehead atoms. The third kappa shape index (κ3) is 2.99. The summed E-state index contributed by atoms with van der Waals surface area (Å²) in [4.78, 5) is 14.1. The Balaban J connectivity index is 1.64. The van der Waals surface area contributed by atoms with Crippen molar-refractivity contribution in [1.82, 2.24) is 15.1 Å². The topological polar surface area (TPSA) is 58.1 Å². The predicted molar refractivity (Wildman–Crippen MR) is 81.5 cm³/mol. The molecule has 1 aliphatic heterocycles. The molecule has 3 rings (SSSR count). The zero-order valence-electron chi connectivity index (χ0n) is 11.2. The Morgan fingerprint density at radius 3 is 3.10 bits per heavy atom. The standard InChI is InChI=1S/C13H16N4OS2/c1-9-15-16-12(20-9)10-4-2-6-17(8-10)13(18)14-11-5-3-7-19-11/h3,5,7,10H,2,4,6,8H2,1H3,(H,14,18). The largest absolute Gasteiger partial charge is 0.324 e. The van der Waals surface area contributed by atoms with E-state index >= 15 is 0 Å². The van der Waals surface area contributed by atoms with Crippen LogP contribution in [0.3, 0.4) is 0 Å². The second kappa shape index (κ2) is 5.88. The van der Waals surface area contributed by atoms with Crippen LogP contribution < -0.4 is 5.32 Å². The monoisotopic (exact) mass is 308 g/mol. The van der Waals surface area contributed by atoms with Crippen LogP contribution in [0.2, 0.25) is 0 Å². The van der Waals surface area contributed by atoms with Gasteiger partial charge in [0.05, 0.1) is 5.00 Å². The van der Waals surface area contributed by atoms with E-state index in [9.17, 15) is 4.79 Å². The number of likely N-dealkylation sites (tertiary alicyclic amines) is 1. The zero-order chi connectivity index (χ0) is 13.9. The number of aromatic nitrogens is 2. The Kier molecular flexibility index (Phi) is 3.98. The van der Waals surface area contributed by atoms with Gasteiger partial charge in [-0.1, -0.05) is 0 Å². The van der Waals surface area contributed by atoms with E-state index in [1.54, 1.807) is 11.3 Å². The Morgan fingerprint density at radius 2 is 2.40 bits per heavy atom. The van der Waals surface area contributed by atoms with Crippen molar-refractivity contribution in [3.05, 3.63) is 27.5 Å². The molecule has 20 heavy (non-hydrogen) atoms. The number of piperidine rings is 1. The maximum Gasteiger partial charge on any atom is 0.322 e. The van der Waals surface area contributed by atoms with Crippen LogP contribution in [-0.2, 0) is 0 Å². The van der Waals surface area contributed by atoms with Crippen LogP contribution in [0.1, 0.15) is 28.8 Å². The third-order valence-corrected chi connectivity index (χ3v) is 5.14. The van der Waals surface area contributed by atoms with Gasteiger partial charge in [0, 0.05) is 19.0 Å². The summed E-state index contributed by atoms with van der Waals surface area (Å²) in [6.45, 7) is 3.50. The van der Waals surface area contributed by atoms with Crippen molar-refractivity contribution in [2.45, 2.75) is 25.7 Å². The molecule has 1 unspecified atom stereocenters. The van der Waals surface area contributed by atoms with Gasteiger partial charge in [-0.15, -0.1) is 32.9 Å². The van der Waals surface area contributed by atoms with Gasteiger partial charge in [-0.05, 0) is 37.3 Å². The van der Waals surface area contributed by atoms with E-state index in [0.29, 0.717) is 5.92 Å². The van der Waals surface area contributed by atoms with Crippen molar-refractivity contribution in [1.29, 1.82) is 0 Å². The second-order valence-electron chi connectivity index (χ2n) is 4.85. The molecule has 1 saturated heterocycles. The van der Waals surface area contributed by atoms with Crippen molar-refractivity contribution < 1.29 is 4.79 Å². The highest BCUT2D eigenvalue weighted by Crippen LogP contribution is 2.29. The van der Waals surface area contributed by atoms with E-state index in [-0.39, 0.29) is 6.03 Å². The number of carbonyl (C=O) groups excluding carboxylic acids is 1. The van der Waals surface area contributed by atoms with Crippen LogP contribution in [0.25, 0.3) is 0 Å². The molecule has 3 heterocycles. The van der Waals surface area contributed by atoms with Crippen molar-refractivity contribution >= 4 is 33.7 Å². The van der Waals surface area contributed by atoms with Gasteiger partial charge in [0.15, 0.2) is 0 Å². The molecule has 2 aromatic heterocycles. The SMILES string of the molecule is Cc1nnc(C2CCCN(C(=O)Nc3cccs3)C2)s1. The molecular formula is C13H16N4OS2. The summed E-state index contributed by atoms with van der Waals surface area (Å²) >= 11 is 3.17. The number of hydrogen-bond acceptors (Lipinski definition) is 5. The van der Waals surface area contributed by atoms with Gasteiger partial charge in [-0.2, -0.15) is 0 Å². The van der Waals surface area contributed by atoms with E-state index in [1.807, 2.05) is 29.3 Å². The summed E-state index contributed by atoms with van der Waals surface area (Å²) in [5.41, 5.74) is 0. The minimum Gasteiger partial charge on any atom is -0.324 e. The Hall–Kier alpha value is -1.47. The molecule has 0 radical (unpaired) electrons. The van der Waals surface area contributed by atoms with Gasteiger partial charge in [-0.3, -0.25) is 5.32 Å². The molecule has 1 fully saturated rings. The first-order valence-electron chi connectivity index (χ1n) is 6.62. The first kappa shape index (κ1) is 13.5. The van der Waals surface area contributed by atoms with Gasteiger partial charge in [0.2, 0.25) is 0 Å². The fourth-order valence-corrected chi connectivity index (χ4v) is 3.81. The average molecular weight is 308 g/mol. The van der Waals surface area contributed by atoms with Gasteiger partial charge in [0.25, 0.3) is 0 Å². The molecule has 0 saturated carbocycles. The number of nitrogens with one attached hydrogen (secondary N) is 1. The molecule has 0 aromatic carbocycles. The summed E-state index contributed by atoms with van der Waals surface area (Å²) in [6.07, 6.45) is 2.10. The van der Waals surface area contributed by atoms with Crippen LogP contribution in [-0.4, -0.2) is 34.2 Å². The fraction of sp³-hybridized carbons (Fsp3) is 0.462. The highest BCUT2D eigenvalue weighted by Gasteiger charge is 2.27. The number of carbonyl (C=O) groups is 1. The van der Waals surface area contributed by atoms with Crippen molar-refractivity contribution in [3.63, 3.8) is 0 Å². The van der Waals surface area contributed by atoms with Crippen LogP contribution in [0.4, 0.5) is 9.80 Å². The molecular weight excluding hydrogens is 292 g/mol. The van der Waals surface area contributed by atoms with Crippen LogP contribution in [0.15, 0.2) is 17.5 Å². The first-order chi connectivity index (χ1) is 9.72. The summed E-state index contributed by atoms with van der Waals surface area (Å²) in [6, 6.07) is 3.83. The maximum atomic E-state index is 12.2. The summed E-state index contributed by atoms with van der Waals surface area (Å²) < 4.78 is 0. The van der Waals surface area contributed by atoms with Gasteiger partial charge in [-0.25, -0.2) is 4.79 Å². The summed E-state index contributed by atoms with van der Waals surface area (Å²) in [5, 5.41) is 16.1. The number of thiophene rings is 1. The molecule has 7 heteroatoms. The van der Waals surface area contributed by atoms with E-state index < -0.39 is 0 Å². The minimum atomic E-state index is -0.0154. The lowest BCUT2D eigenvalue weighted by atomic mass is 9.99. The smallest absolute Gasteiger partial charge is 0.322 e. The van der Waals surface area contributed by atoms with E-state index in [4.69, 9.17) is 0 Å². The zero-order valence-corrected chi connectivity index (χ0v) is 12.8. The molecule has 2 aromatic rings. The average Bonchev–Trinajstić information content (AvgIpc) is 3.10.